The Morgan fingerprint density at radius 1 is 1.05 bits per heavy atom. The van der Waals surface area contributed by atoms with Crippen molar-refractivity contribution in [3.05, 3.63) is 59.7 Å². The lowest BCUT2D eigenvalue weighted by molar-refractivity contribution is 0.475. The number of hydrogen-bond donors (Lipinski definition) is 1. The molecule has 1 aromatic carbocycles. The summed E-state index contributed by atoms with van der Waals surface area (Å²) in [5, 5.41) is 9.54. The van der Waals surface area contributed by atoms with Gasteiger partial charge in [-0.15, -0.1) is 0 Å². The second-order valence-electron chi connectivity index (χ2n) is 5.60. The van der Waals surface area contributed by atoms with Crippen LogP contribution < -0.4 is 0 Å². The first kappa shape index (κ1) is 12.3. The van der Waals surface area contributed by atoms with Crippen LogP contribution in [0.25, 0.3) is 27.7 Å². The van der Waals surface area contributed by atoms with E-state index >= 15 is 0 Å². The minimum atomic E-state index is 0.310. The fraction of sp³-hybridized carbons (Fsp3) is 0.158. The Kier molecular flexibility index (Phi) is 2.49. The molecule has 21 heavy (non-hydrogen) atoms. The number of phenolic OH excluding ortho intramolecular Hbond substituents is 1. The SMILES string of the molecule is CCc1c(-c2ccc(O)cc2)c2c(C)cc3cccc1n32. The van der Waals surface area contributed by atoms with E-state index in [2.05, 4.69) is 42.5 Å². The van der Waals surface area contributed by atoms with Gasteiger partial charge in [0.25, 0.3) is 0 Å². The molecular weight excluding hydrogens is 258 g/mol. The third kappa shape index (κ3) is 1.59. The van der Waals surface area contributed by atoms with Gasteiger partial charge in [0, 0.05) is 11.1 Å². The van der Waals surface area contributed by atoms with Crippen molar-refractivity contribution in [3.63, 3.8) is 0 Å². The second-order valence-corrected chi connectivity index (χ2v) is 5.60. The van der Waals surface area contributed by atoms with E-state index in [-0.39, 0.29) is 0 Å². The third-order valence-electron chi connectivity index (χ3n) is 4.34. The summed E-state index contributed by atoms with van der Waals surface area (Å²) in [5.41, 5.74) is 8.99. The van der Waals surface area contributed by atoms with Crippen LogP contribution in [0.3, 0.4) is 0 Å². The fourth-order valence-electron chi connectivity index (χ4n) is 3.47. The number of nitrogens with zero attached hydrogens (tertiary/aromatic N) is 1. The average molecular weight is 275 g/mol. The fourth-order valence-corrected chi connectivity index (χ4v) is 3.47. The number of pyridine rings is 1. The molecule has 0 fully saturated rings. The number of benzene rings is 1. The second kappa shape index (κ2) is 4.26. The first-order chi connectivity index (χ1) is 10.2. The first-order valence-electron chi connectivity index (χ1n) is 7.35. The molecule has 0 aliphatic heterocycles. The van der Waals surface area contributed by atoms with Crippen LogP contribution in [0.2, 0.25) is 0 Å². The lowest BCUT2D eigenvalue weighted by Crippen LogP contribution is -1.85. The molecule has 0 aliphatic rings. The summed E-state index contributed by atoms with van der Waals surface area (Å²) in [6.07, 6.45) is 0.996. The lowest BCUT2D eigenvalue weighted by atomic mass is 9.98. The summed E-state index contributed by atoms with van der Waals surface area (Å²) < 4.78 is 2.36. The van der Waals surface area contributed by atoms with Crippen molar-refractivity contribution in [2.45, 2.75) is 20.3 Å². The van der Waals surface area contributed by atoms with Crippen LogP contribution in [0.4, 0.5) is 0 Å². The molecule has 0 radical (unpaired) electrons. The summed E-state index contributed by atoms with van der Waals surface area (Å²) in [6, 6.07) is 16.3. The predicted molar refractivity (Wildman–Crippen MR) is 87.3 cm³/mol. The lowest BCUT2D eigenvalue weighted by Gasteiger charge is -2.04. The zero-order valence-electron chi connectivity index (χ0n) is 12.2. The summed E-state index contributed by atoms with van der Waals surface area (Å²) in [6.45, 7) is 4.38. The molecule has 0 aliphatic carbocycles. The smallest absolute Gasteiger partial charge is 0.115 e. The summed E-state index contributed by atoms with van der Waals surface area (Å²) in [7, 11) is 0. The van der Waals surface area contributed by atoms with Crippen molar-refractivity contribution in [1.29, 1.82) is 0 Å². The zero-order chi connectivity index (χ0) is 14.6. The van der Waals surface area contributed by atoms with Crippen LogP contribution in [0.5, 0.6) is 5.75 Å². The van der Waals surface area contributed by atoms with E-state index in [0.717, 1.165) is 6.42 Å². The molecule has 3 aromatic heterocycles. The Hall–Kier alpha value is -2.48. The standard InChI is InChI=1S/C19H17NO/c1-3-16-17-6-4-5-14-11-12(2)19(20(14)17)18(16)13-7-9-15(21)10-8-13/h4-11,21H,3H2,1-2H3. The summed E-state index contributed by atoms with van der Waals surface area (Å²) in [5.74, 6) is 0.310. The van der Waals surface area contributed by atoms with Gasteiger partial charge >= 0.3 is 0 Å². The van der Waals surface area contributed by atoms with Crippen molar-refractivity contribution in [3.8, 4) is 16.9 Å². The van der Waals surface area contributed by atoms with E-state index in [1.165, 1.54) is 38.8 Å². The van der Waals surface area contributed by atoms with Crippen molar-refractivity contribution in [2.75, 3.05) is 0 Å². The highest BCUT2D eigenvalue weighted by atomic mass is 16.3. The molecule has 0 spiro atoms. The van der Waals surface area contributed by atoms with E-state index in [1.54, 1.807) is 12.1 Å². The largest absolute Gasteiger partial charge is 0.508 e. The van der Waals surface area contributed by atoms with Crippen LogP contribution >= 0.6 is 0 Å². The number of phenols is 1. The molecule has 0 unspecified atom stereocenters. The Labute approximate surface area is 123 Å². The molecule has 0 atom stereocenters. The van der Waals surface area contributed by atoms with Gasteiger partial charge < -0.3 is 9.51 Å². The third-order valence-corrected chi connectivity index (χ3v) is 4.34. The minimum absolute atomic E-state index is 0.310. The molecule has 4 rings (SSSR count). The quantitative estimate of drug-likeness (QED) is 0.559. The van der Waals surface area contributed by atoms with E-state index in [0.29, 0.717) is 5.75 Å². The van der Waals surface area contributed by atoms with E-state index in [1.807, 2.05) is 12.1 Å². The Balaban J connectivity index is 2.18. The van der Waals surface area contributed by atoms with Gasteiger partial charge in [-0.3, -0.25) is 0 Å². The molecule has 3 heterocycles. The number of hydrogen-bond acceptors (Lipinski definition) is 1. The number of aromatic nitrogens is 1. The molecule has 0 amide bonds. The van der Waals surface area contributed by atoms with E-state index in [4.69, 9.17) is 0 Å². The predicted octanol–water partition coefficient (Wildman–Crippen LogP) is 4.77. The van der Waals surface area contributed by atoms with Gasteiger partial charge in [-0.2, -0.15) is 0 Å². The van der Waals surface area contributed by atoms with Crippen molar-refractivity contribution < 1.29 is 5.11 Å². The highest BCUT2D eigenvalue weighted by molar-refractivity contribution is 5.96. The topological polar surface area (TPSA) is 24.6 Å². The normalized spacial score (nSPS) is 11.7. The van der Waals surface area contributed by atoms with Gasteiger partial charge in [0.1, 0.15) is 5.75 Å². The molecule has 0 saturated carbocycles. The maximum absolute atomic E-state index is 9.54. The molecule has 0 bridgehead atoms. The maximum Gasteiger partial charge on any atom is 0.115 e. The highest BCUT2D eigenvalue weighted by Gasteiger charge is 2.19. The van der Waals surface area contributed by atoms with Gasteiger partial charge in [-0.25, -0.2) is 0 Å². The molecule has 0 saturated heterocycles. The van der Waals surface area contributed by atoms with Crippen LogP contribution in [0.15, 0.2) is 48.5 Å². The monoisotopic (exact) mass is 275 g/mol. The van der Waals surface area contributed by atoms with Crippen LogP contribution in [0, 0.1) is 6.92 Å². The zero-order valence-corrected chi connectivity index (χ0v) is 12.2. The van der Waals surface area contributed by atoms with Gasteiger partial charge in [-0.05, 0) is 60.4 Å². The molecule has 104 valence electrons. The van der Waals surface area contributed by atoms with Crippen LogP contribution in [0.1, 0.15) is 18.1 Å². The van der Waals surface area contributed by atoms with Crippen LogP contribution in [-0.2, 0) is 6.42 Å². The first-order valence-corrected chi connectivity index (χ1v) is 7.35. The number of aromatic hydroxyl groups is 1. The number of aryl methyl sites for hydroxylation is 2. The molecule has 2 nitrogen and oxygen atoms in total. The molecule has 2 heteroatoms. The van der Waals surface area contributed by atoms with Gasteiger partial charge in [0.2, 0.25) is 0 Å². The Morgan fingerprint density at radius 2 is 1.81 bits per heavy atom. The van der Waals surface area contributed by atoms with Gasteiger partial charge in [-0.1, -0.05) is 25.1 Å². The van der Waals surface area contributed by atoms with Gasteiger partial charge in [0.15, 0.2) is 0 Å². The van der Waals surface area contributed by atoms with Crippen molar-refractivity contribution in [2.24, 2.45) is 0 Å². The molecular formula is C19H17NO. The molecule has 1 N–H and O–H groups in total. The average Bonchev–Trinajstić information content (AvgIpc) is 3.00. The van der Waals surface area contributed by atoms with Crippen molar-refractivity contribution >= 4 is 16.6 Å². The summed E-state index contributed by atoms with van der Waals surface area (Å²) >= 11 is 0. The van der Waals surface area contributed by atoms with Gasteiger partial charge in [0.05, 0.1) is 11.0 Å². The van der Waals surface area contributed by atoms with Crippen molar-refractivity contribution in [1.82, 2.24) is 4.40 Å². The van der Waals surface area contributed by atoms with E-state index in [9.17, 15) is 5.11 Å². The Bertz CT molecular complexity index is 932. The number of rotatable bonds is 2. The Morgan fingerprint density at radius 3 is 2.52 bits per heavy atom. The minimum Gasteiger partial charge on any atom is -0.508 e. The molecule has 4 aromatic rings. The van der Waals surface area contributed by atoms with Crippen LogP contribution in [-0.4, -0.2) is 9.51 Å². The highest BCUT2D eigenvalue weighted by Crippen LogP contribution is 2.39. The maximum atomic E-state index is 9.54. The van der Waals surface area contributed by atoms with E-state index < -0.39 is 0 Å². The summed E-state index contributed by atoms with van der Waals surface area (Å²) in [4.78, 5) is 0.